The van der Waals surface area contributed by atoms with Crippen LogP contribution in [0.3, 0.4) is 0 Å². The molecule has 1 unspecified atom stereocenters. The molecule has 0 fully saturated rings. The van der Waals surface area contributed by atoms with Gasteiger partial charge >= 0.3 is 6.03 Å². The average molecular weight is 487 g/mol. The summed E-state index contributed by atoms with van der Waals surface area (Å²) in [6, 6.07) is 18.9. The standard InChI is InChI=1S/C28H24F2N4O2/c1-3-18-7-9-19(10-8-18)16-34-17(2)24(25(31-28(34)35)20-11-13-22(29)14-12-20)27-32-26(33-36-27)21-5-4-6-23(30)15-21/h4-15,25H,3,16H2,1-2H3,(H,31,35). The van der Waals surface area contributed by atoms with Crippen LogP contribution in [-0.2, 0) is 13.0 Å². The topological polar surface area (TPSA) is 71.3 Å². The number of allylic oxidation sites excluding steroid dienone is 1. The molecule has 2 heterocycles. The van der Waals surface area contributed by atoms with Crippen LogP contribution in [0.1, 0.15) is 42.5 Å². The summed E-state index contributed by atoms with van der Waals surface area (Å²) in [5, 5.41) is 7.05. The maximum Gasteiger partial charge on any atom is 0.322 e. The summed E-state index contributed by atoms with van der Waals surface area (Å²) in [6.45, 7) is 4.24. The summed E-state index contributed by atoms with van der Waals surface area (Å²) in [7, 11) is 0. The Kier molecular flexibility index (Phi) is 6.33. The fraction of sp³-hybridized carbons (Fsp3) is 0.179. The molecule has 6 nitrogen and oxygen atoms in total. The molecular weight excluding hydrogens is 462 g/mol. The molecule has 8 heteroatoms. The number of amides is 2. The number of aromatic nitrogens is 2. The van der Waals surface area contributed by atoms with Crippen LogP contribution in [0.5, 0.6) is 0 Å². The van der Waals surface area contributed by atoms with Crippen LogP contribution in [0.2, 0.25) is 0 Å². The van der Waals surface area contributed by atoms with Crippen molar-refractivity contribution in [2.24, 2.45) is 0 Å². The molecule has 5 rings (SSSR count). The van der Waals surface area contributed by atoms with Gasteiger partial charge in [0.15, 0.2) is 0 Å². The van der Waals surface area contributed by atoms with E-state index < -0.39 is 11.9 Å². The highest BCUT2D eigenvalue weighted by Gasteiger charge is 2.35. The predicted octanol–water partition coefficient (Wildman–Crippen LogP) is 6.27. The van der Waals surface area contributed by atoms with Gasteiger partial charge < -0.3 is 9.84 Å². The van der Waals surface area contributed by atoms with Gasteiger partial charge in [0.2, 0.25) is 5.82 Å². The Labute approximate surface area is 207 Å². The smallest absolute Gasteiger partial charge is 0.322 e. The number of nitrogens with zero attached hydrogens (tertiary/aromatic N) is 3. The Morgan fingerprint density at radius 2 is 1.69 bits per heavy atom. The number of nitrogens with one attached hydrogen (secondary N) is 1. The van der Waals surface area contributed by atoms with Crippen molar-refractivity contribution in [3.63, 3.8) is 0 Å². The quantitative estimate of drug-likeness (QED) is 0.348. The zero-order valence-corrected chi connectivity index (χ0v) is 19.8. The van der Waals surface area contributed by atoms with Gasteiger partial charge in [0, 0.05) is 11.3 Å². The third kappa shape index (κ3) is 4.62. The monoisotopic (exact) mass is 486 g/mol. The number of carbonyl (C=O) groups excluding carboxylic acids is 1. The first kappa shape index (κ1) is 23.4. The first-order chi connectivity index (χ1) is 17.4. The number of benzene rings is 3. The molecule has 1 aliphatic rings. The Morgan fingerprint density at radius 1 is 0.972 bits per heavy atom. The molecular formula is C28H24F2N4O2. The van der Waals surface area contributed by atoms with Gasteiger partial charge in [-0.25, -0.2) is 13.6 Å². The van der Waals surface area contributed by atoms with E-state index in [9.17, 15) is 13.6 Å². The largest absolute Gasteiger partial charge is 0.334 e. The summed E-state index contributed by atoms with van der Waals surface area (Å²) in [5.41, 5.74) is 4.52. The van der Waals surface area contributed by atoms with Crippen molar-refractivity contribution in [3.8, 4) is 11.4 Å². The van der Waals surface area contributed by atoms with E-state index in [0.29, 0.717) is 28.9 Å². The minimum Gasteiger partial charge on any atom is -0.334 e. The molecule has 3 aromatic carbocycles. The molecule has 0 saturated carbocycles. The molecule has 1 N–H and O–H groups in total. The van der Waals surface area contributed by atoms with Crippen LogP contribution in [-0.4, -0.2) is 21.1 Å². The van der Waals surface area contributed by atoms with Crippen LogP contribution < -0.4 is 5.32 Å². The summed E-state index contributed by atoms with van der Waals surface area (Å²) in [6.07, 6.45) is 0.928. The zero-order chi connectivity index (χ0) is 25.2. The van der Waals surface area contributed by atoms with Crippen molar-refractivity contribution in [3.05, 3.63) is 113 Å². The van der Waals surface area contributed by atoms with E-state index in [4.69, 9.17) is 4.52 Å². The number of aryl methyl sites for hydroxylation is 1. The van der Waals surface area contributed by atoms with Gasteiger partial charge in [0.1, 0.15) is 11.6 Å². The van der Waals surface area contributed by atoms with E-state index in [1.54, 1.807) is 29.2 Å². The summed E-state index contributed by atoms with van der Waals surface area (Å²) in [4.78, 5) is 19.4. The van der Waals surface area contributed by atoms with Gasteiger partial charge in [-0.2, -0.15) is 4.98 Å². The van der Waals surface area contributed by atoms with Crippen molar-refractivity contribution in [1.29, 1.82) is 0 Å². The van der Waals surface area contributed by atoms with Gasteiger partial charge in [0.05, 0.1) is 18.2 Å². The van der Waals surface area contributed by atoms with E-state index in [-0.39, 0.29) is 23.6 Å². The fourth-order valence-electron chi connectivity index (χ4n) is 4.29. The molecule has 0 aliphatic carbocycles. The maximum atomic E-state index is 13.8. The van der Waals surface area contributed by atoms with Gasteiger partial charge in [-0.15, -0.1) is 0 Å². The summed E-state index contributed by atoms with van der Waals surface area (Å²) in [5.74, 6) is -0.385. The van der Waals surface area contributed by atoms with Gasteiger partial charge in [-0.3, -0.25) is 4.90 Å². The van der Waals surface area contributed by atoms with E-state index in [0.717, 1.165) is 12.0 Å². The molecule has 1 atom stereocenters. The number of rotatable bonds is 6. The Balaban J connectivity index is 1.57. The van der Waals surface area contributed by atoms with Crippen molar-refractivity contribution in [1.82, 2.24) is 20.4 Å². The Bertz CT molecular complexity index is 1430. The van der Waals surface area contributed by atoms with E-state index >= 15 is 0 Å². The van der Waals surface area contributed by atoms with Gasteiger partial charge in [-0.1, -0.05) is 60.6 Å². The van der Waals surface area contributed by atoms with Crippen LogP contribution in [0.25, 0.3) is 17.0 Å². The first-order valence-corrected chi connectivity index (χ1v) is 11.6. The van der Waals surface area contributed by atoms with Crippen LogP contribution in [0, 0.1) is 11.6 Å². The third-order valence-corrected chi connectivity index (χ3v) is 6.31. The van der Waals surface area contributed by atoms with E-state index in [1.165, 1.54) is 29.8 Å². The second-order valence-corrected chi connectivity index (χ2v) is 8.62. The molecule has 0 spiro atoms. The molecule has 2 amide bonds. The highest BCUT2D eigenvalue weighted by Crippen LogP contribution is 2.38. The summed E-state index contributed by atoms with van der Waals surface area (Å²) < 4.78 is 33.0. The summed E-state index contributed by atoms with van der Waals surface area (Å²) >= 11 is 0. The molecule has 0 bridgehead atoms. The number of hydrogen-bond donors (Lipinski definition) is 1. The number of halogens is 2. The Morgan fingerprint density at radius 3 is 2.39 bits per heavy atom. The fourth-order valence-corrected chi connectivity index (χ4v) is 4.29. The van der Waals surface area contributed by atoms with E-state index in [1.807, 2.05) is 31.2 Å². The lowest BCUT2D eigenvalue weighted by Crippen LogP contribution is -2.45. The maximum absolute atomic E-state index is 13.8. The number of urea groups is 1. The molecule has 1 aromatic heterocycles. The number of carbonyl (C=O) groups is 1. The molecule has 36 heavy (non-hydrogen) atoms. The van der Waals surface area contributed by atoms with Gasteiger partial charge in [-0.05, 0) is 54.3 Å². The predicted molar refractivity (Wildman–Crippen MR) is 131 cm³/mol. The van der Waals surface area contributed by atoms with Gasteiger partial charge in [0.25, 0.3) is 5.89 Å². The highest BCUT2D eigenvalue weighted by molar-refractivity contribution is 5.86. The Hall–Kier alpha value is -4.33. The van der Waals surface area contributed by atoms with Crippen molar-refractivity contribution >= 4 is 11.6 Å². The molecule has 4 aromatic rings. The second kappa shape index (κ2) is 9.73. The lowest BCUT2D eigenvalue weighted by atomic mass is 9.94. The normalized spacial score (nSPS) is 15.8. The van der Waals surface area contributed by atoms with Crippen LogP contribution in [0.4, 0.5) is 13.6 Å². The van der Waals surface area contributed by atoms with E-state index in [2.05, 4.69) is 22.4 Å². The zero-order valence-electron chi connectivity index (χ0n) is 19.8. The molecule has 0 radical (unpaired) electrons. The van der Waals surface area contributed by atoms with Crippen LogP contribution >= 0.6 is 0 Å². The van der Waals surface area contributed by atoms with Crippen LogP contribution in [0.15, 0.2) is 83.0 Å². The first-order valence-electron chi connectivity index (χ1n) is 11.6. The van der Waals surface area contributed by atoms with Crippen molar-refractivity contribution < 1.29 is 18.1 Å². The average Bonchev–Trinajstić information content (AvgIpc) is 3.37. The van der Waals surface area contributed by atoms with Crippen molar-refractivity contribution in [2.45, 2.75) is 32.9 Å². The lowest BCUT2D eigenvalue weighted by Gasteiger charge is -2.35. The SMILES string of the molecule is CCc1ccc(CN2C(=O)NC(c3ccc(F)cc3)C(c3nc(-c4cccc(F)c4)no3)=C2C)cc1. The highest BCUT2D eigenvalue weighted by atomic mass is 19.1. The second-order valence-electron chi connectivity index (χ2n) is 8.62. The molecule has 1 aliphatic heterocycles. The minimum atomic E-state index is -0.641. The molecule has 182 valence electrons. The molecule has 0 saturated heterocycles. The van der Waals surface area contributed by atoms with Crippen molar-refractivity contribution in [2.75, 3.05) is 0 Å². The number of hydrogen-bond acceptors (Lipinski definition) is 4. The third-order valence-electron chi connectivity index (χ3n) is 6.31. The minimum absolute atomic E-state index is 0.187. The lowest BCUT2D eigenvalue weighted by molar-refractivity contribution is 0.203.